The van der Waals surface area contributed by atoms with Crippen molar-refractivity contribution in [2.45, 2.75) is 19.9 Å². The van der Waals surface area contributed by atoms with Gasteiger partial charge in [0.1, 0.15) is 5.82 Å². The topological polar surface area (TPSA) is 75.4 Å². The van der Waals surface area contributed by atoms with Gasteiger partial charge in [-0.05, 0) is 32.0 Å². The number of nitrogens with zero attached hydrogens (tertiary/aromatic N) is 1. The van der Waals surface area contributed by atoms with Crippen LogP contribution < -0.4 is 11.1 Å². The largest absolute Gasteiger partial charge is 0.369 e. The average Bonchev–Trinajstić information content (AvgIpc) is 2.32. The number of anilines is 1. The van der Waals surface area contributed by atoms with E-state index >= 15 is 0 Å². The molecule has 1 rings (SSSR count). The lowest BCUT2D eigenvalue weighted by Gasteiger charge is -2.24. The zero-order valence-corrected chi connectivity index (χ0v) is 12.1. The van der Waals surface area contributed by atoms with Crippen LogP contribution in [0, 0.1) is 5.82 Å². The maximum absolute atomic E-state index is 13.0. The molecule has 20 heavy (non-hydrogen) atoms. The first-order valence-electron chi connectivity index (χ1n) is 6.07. The normalized spacial score (nSPS) is 10.9. The fourth-order valence-corrected chi connectivity index (χ4v) is 1.76. The molecule has 0 aliphatic rings. The van der Waals surface area contributed by atoms with Gasteiger partial charge in [0.25, 0.3) is 0 Å². The van der Waals surface area contributed by atoms with Crippen LogP contribution >= 0.6 is 11.6 Å². The quantitative estimate of drug-likeness (QED) is 0.838. The molecule has 0 atom stereocenters. The van der Waals surface area contributed by atoms with Gasteiger partial charge in [-0.25, -0.2) is 4.39 Å². The van der Waals surface area contributed by atoms with Crippen molar-refractivity contribution in [1.82, 2.24) is 4.90 Å². The molecule has 0 saturated heterocycles. The fourth-order valence-electron chi connectivity index (χ4n) is 1.58. The highest BCUT2D eigenvalue weighted by atomic mass is 35.5. The Balaban J connectivity index is 2.65. The molecule has 0 aliphatic heterocycles. The first kappa shape index (κ1) is 16.4. The van der Waals surface area contributed by atoms with Crippen LogP contribution in [0.5, 0.6) is 0 Å². The second kappa shape index (κ2) is 7.21. The van der Waals surface area contributed by atoms with E-state index in [0.717, 1.165) is 0 Å². The van der Waals surface area contributed by atoms with E-state index in [1.165, 1.54) is 18.2 Å². The maximum atomic E-state index is 13.0. The molecule has 0 bridgehead atoms. The Morgan fingerprint density at radius 3 is 2.55 bits per heavy atom. The highest BCUT2D eigenvalue weighted by Crippen LogP contribution is 2.19. The van der Waals surface area contributed by atoms with Gasteiger partial charge in [0.2, 0.25) is 11.8 Å². The molecule has 2 amide bonds. The zero-order chi connectivity index (χ0) is 15.3. The molecule has 1 aromatic rings. The fraction of sp³-hybridized carbons (Fsp3) is 0.385. The molecule has 0 aromatic heterocycles. The number of halogens is 2. The third-order valence-electron chi connectivity index (χ3n) is 2.64. The summed E-state index contributed by atoms with van der Waals surface area (Å²) >= 11 is 5.62. The lowest BCUT2D eigenvalue weighted by molar-refractivity contribution is -0.121. The first-order valence-corrected chi connectivity index (χ1v) is 6.44. The number of hydrogen-bond donors (Lipinski definition) is 2. The van der Waals surface area contributed by atoms with Crippen LogP contribution in [0.2, 0.25) is 5.02 Å². The van der Waals surface area contributed by atoms with Crippen molar-refractivity contribution in [3.8, 4) is 0 Å². The Labute approximate surface area is 121 Å². The molecule has 1 aromatic carbocycles. The summed E-state index contributed by atoms with van der Waals surface area (Å²) in [7, 11) is 0. The highest BCUT2D eigenvalue weighted by molar-refractivity contribution is 6.31. The minimum Gasteiger partial charge on any atom is -0.369 e. The third-order valence-corrected chi connectivity index (χ3v) is 2.93. The van der Waals surface area contributed by atoms with Crippen molar-refractivity contribution in [3.05, 3.63) is 29.0 Å². The lowest BCUT2D eigenvalue weighted by atomic mass is 10.3. The zero-order valence-electron chi connectivity index (χ0n) is 11.3. The van der Waals surface area contributed by atoms with Gasteiger partial charge >= 0.3 is 0 Å². The Hall–Kier alpha value is -1.66. The van der Waals surface area contributed by atoms with E-state index < -0.39 is 11.7 Å². The van der Waals surface area contributed by atoms with Crippen LogP contribution in [0.25, 0.3) is 0 Å². The van der Waals surface area contributed by atoms with E-state index in [1.807, 2.05) is 13.8 Å². The number of nitrogens with one attached hydrogen (secondary N) is 1. The predicted octanol–water partition coefficient (Wildman–Crippen LogP) is 1.61. The van der Waals surface area contributed by atoms with Gasteiger partial charge in [-0.2, -0.15) is 0 Å². The number of nitrogens with two attached hydrogens (primary N) is 1. The Morgan fingerprint density at radius 1 is 1.40 bits per heavy atom. The van der Waals surface area contributed by atoms with Crippen LogP contribution in [0.3, 0.4) is 0 Å². The van der Waals surface area contributed by atoms with Gasteiger partial charge in [-0.15, -0.1) is 0 Å². The predicted molar refractivity (Wildman–Crippen MR) is 75.9 cm³/mol. The molecule has 0 radical (unpaired) electrons. The molecular weight excluding hydrogens is 285 g/mol. The molecule has 7 heteroatoms. The molecule has 110 valence electrons. The van der Waals surface area contributed by atoms with E-state index in [-0.39, 0.29) is 30.1 Å². The van der Waals surface area contributed by atoms with Crippen molar-refractivity contribution in [2.24, 2.45) is 5.73 Å². The summed E-state index contributed by atoms with van der Waals surface area (Å²) in [6, 6.07) is 3.89. The molecule has 3 N–H and O–H groups in total. The van der Waals surface area contributed by atoms with E-state index in [0.29, 0.717) is 5.69 Å². The Bertz CT molecular complexity index is 508. The average molecular weight is 302 g/mol. The summed E-state index contributed by atoms with van der Waals surface area (Å²) in [5.41, 5.74) is 5.52. The molecular formula is C13H17ClFN3O2. The van der Waals surface area contributed by atoms with Crippen LogP contribution in [-0.2, 0) is 9.59 Å². The number of carbonyl (C=O) groups is 2. The summed E-state index contributed by atoms with van der Waals surface area (Å²) in [6.45, 7) is 3.71. The molecule has 0 aliphatic carbocycles. The smallest absolute Gasteiger partial charge is 0.238 e. The van der Waals surface area contributed by atoms with Gasteiger partial charge < -0.3 is 11.1 Å². The Kier molecular flexibility index (Phi) is 5.91. The minimum absolute atomic E-state index is 0.00470. The number of primary amides is 1. The van der Waals surface area contributed by atoms with Gasteiger partial charge in [0.05, 0.1) is 18.1 Å². The Morgan fingerprint density at radius 2 is 2.05 bits per heavy atom. The molecule has 0 fully saturated rings. The van der Waals surface area contributed by atoms with E-state index in [4.69, 9.17) is 17.3 Å². The van der Waals surface area contributed by atoms with Gasteiger partial charge in [0.15, 0.2) is 0 Å². The van der Waals surface area contributed by atoms with Gasteiger partial charge in [-0.3, -0.25) is 14.5 Å². The third kappa shape index (κ3) is 5.14. The molecule has 0 spiro atoms. The SMILES string of the molecule is CC(C)N(CC(N)=O)CC(=O)Nc1ccc(F)c(Cl)c1. The van der Waals surface area contributed by atoms with E-state index in [9.17, 15) is 14.0 Å². The number of benzene rings is 1. The van der Waals surface area contributed by atoms with Crippen molar-refractivity contribution in [3.63, 3.8) is 0 Å². The van der Waals surface area contributed by atoms with Crippen LogP contribution in [-0.4, -0.2) is 35.8 Å². The maximum Gasteiger partial charge on any atom is 0.238 e. The standard InChI is InChI=1S/C13H17ClFN3O2/c1-8(2)18(6-12(16)19)7-13(20)17-9-3-4-11(15)10(14)5-9/h3-5,8H,6-7H2,1-2H3,(H2,16,19)(H,17,20). The van der Waals surface area contributed by atoms with Crippen LogP contribution in [0.4, 0.5) is 10.1 Å². The number of carbonyl (C=O) groups excluding carboxylic acids is 2. The monoisotopic (exact) mass is 301 g/mol. The van der Waals surface area contributed by atoms with E-state index in [2.05, 4.69) is 5.32 Å². The summed E-state index contributed by atoms with van der Waals surface area (Å²) < 4.78 is 13.0. The summed E-state index contributed by atoms with van der Waals surface area (Å²) in [5.74, 6) is -1.39. The number of hydrogen-bond acceptors (Lipinski definition) is 3. The van der Waals surface area contributed by atoms with Crippen LogP contribution in [0.15, 0.2) is 18.2 Å². The number of rotatable bonds is 6. The minimum atomic E-state index is -0.554. The summed E-state index contributed by atoms with van der Waals surface area (Å²) in [4.78, 5) is 24.4. The van der Waals surface area contributed by atoms with Crippen molar-refractivity contribution < 1.29 is 14.0 Å². The molecule has 0 saturated carbocycles. The summed E-state index contributed by atoms with van der Waals surface area (Å²) in [5, 5.41) is 2.52. The highest BCUT2D eigenvalue weighted by Gasteiger charge is 2.16. The van der Waals surface area contributed by atoms with Crippen molar-refractivity contribution in [1.29, 1.82) is 0 Å². The second-order valence-electron chi connectivity index (χ2n) is 4.64. The van der Waals surface area contributed by atoms with Gasteiger partial charge in [0, 0.05) is 11.7 Å². The molecule has 0 unspecified atom stereocenters. The van der Waals surface area contributed by atoms with Gasteiger partial charge in [-0.1, -0.05) is 11.6 Å². The van der Waals surface area contributed by atoms with E-state index in [1.54, 1.807) is 4.90 Å². The van der Waals surface area contributed by atoms with Crippen LogP contribution in [0.1, 0.15) is 13.8 Å². The summed E-state index contributed by atoms with van der Waals surface area (Å²) in [6.07, 6.45) is 0. The lowest BCUT2D eigenvalue weighted by Crippen LogP contribution is -2.43. The van der Waals surface area contributed by atoms with Crippen molar-refractivity contribution >= 4 is 29.1 Å². The molecule has 0 heterocycles. The van der Waals surface area contributed by atoms with Crippen molar-refractivity contribution in [2.75, 3.05) is 18.4 Å². The molecule has 5 nitrogen and oxygen atoms in total. The first-order chi connectivity index (χ1) is 9.29. The second-order valence-corrected chi connectivity index (χ2v) is 5.05. The number of amides is 2.